The number of hydrogen-bond donors (Lipinski definition) is 2. The highest BCUT2D eigenvalue weighted by atomic mass is 15.4. The molecule has 1 atom stereocenters. The van der Waals surface area contributed by atoms with Crippen LogP contribution in [-0.4, -0.2) is 27.3 Å². The molecule has 0 saturated heterocycles. The number of fused-ring (bicyclic) bond motifs is 2. The van der Waals surface area contributed by atoms with Crippen LogP contribution in [0.3, 0.4) is 0 Å². The van der Waals surface area contributed by atoms with Crippen LogP contribution in [-0.2, 0) is 13.1 Å². The molecule has 27 heavy (non-hydrogen) atoms. The smallest absolute Gasteiger partial charge is 0.192 e. The second kappa shape index (κ2) is 7.78. The summed E-state index contributed by atoms with van der Waals surface area (Å²) >= 11 is 0. The molecule has 140 valence electrons. The molecule has 4 rings (SSSR count). The van der Waals surface area contributed by atoms with Crippen LogP contribution in [0, 0.1) is 6.92 Å². The van der Waals surface area contributed by atoms with Gasteiger partial charge in [0.1, 0.15) is 11.6 Å². The van der Waals surface area contributed by atoms with E-state index in [1.807, 2.05) is 11.6 Å². The van der Waals surface area contributed by atoms with Gasteiger partial charge >= 0.3 is 0 Å². The first-order valence-electron chi connectivity index (χ1n) is 9.67. The third-order valence-corrected chi connectivity index (χ3v) is 4.92. The van der Waals surface area contributed by atoms with Crippen molar-refractivity contribution >= 4 is 16.7 Å². The molecule has 0 amide bonds. The van der Waals surface area contributed by atoms with E-state index < -0.39 is 0 Å². The standard InChI is InChI=1S/C21H26N6/c1-3-22-21(25-19-12-7-13-27-20(19)24-15(2)26-27)23-14-17-10-6-9-16-8-4-5-11-18(16)17/h4-6,8-11,19H,3,7,12-14H2,1-2H3,(H2,22,23,25). The average molecular weight is 362 g/mol. The number of benzene rings is 2. The predicted molar refractivity (Wildman–Crippen MR) is 109 cm³/mol. The van der Waals surface area contributed by atoms with Gasteiger partial charge in [0.05, 0.1) is 12.6 Å². The lowest BCUT2D eigenvalue weighted by Crippen LogP contribution is -2.41. The molecule has 0 fully saturated rings. The molecule has 0 bridgehead atoms. The van der Waals surface area contributed by atoms with Gasteiger partial charge in [0.25, 0.3) is 0 Å². The van der Waals surface area contributed by atoms with Crippen LogP contribution in [0.15, 0.2) is 47.5 Å². The molecule has 0 aliphatic carbocycles. The fourth-order valence-corrected chi connectivity index (χ4v) is 3.68. The fraction of sp³-hybridized carbons (Fsp3) is 0.381. The number of aryl methyl sites for hydroxylation is 2. The topological polar surface area (TPSA) is 67.1 Å². The molecule has 0 spiro atoms. The van der Waals surface area contributed by atoms with E-state index in [0.717, 1.165) is 43.5 Å². The summed E-state index contributed by atoms with van der Waals surface area (Å²) in [5.74, 6) is 2.66. The van der Waals surface area contributed by atoms with E-state index in [0.29, 0.717) is 6.54 Å². The molecular formula is C21H26N6. The predicted octanol–water partition coefficient (Wildman–Crippen LogP) is 3.33. The Labute approximate surface area is 159 Å². The summed E-state index contributed by atoms with van der Waals surface area (Å²) in [6, 6.07) is 15.0. The number of nitrogens with one attached hydrogen (secondary N) is 2. The van der Waals surface area contributed by atoms with E-state index in [-0.39, 0.29) is 6.04 Å². The monoisotopic (exact) mass is 362 g/mol. The summed E-state index contributed by atoms with van der Waals surface area (Å²) in [7, 11) is 0. The second-order valence-corrected chi connectivity index (χ2v) is 6.91. The number of rotatable bonds is 4. The van der Waals surface area contributed by atoms with Crippen LogP contribution in [0.1, 0.15) is 43.0 Å². The minimum atomic E-state index is 0.144. The van der Waals surface area contributed by atoms with Crippen LogP contribution in [0.5, 0.6) is 0 Å². The Balaban J connectivity index is 1.56. The summed E-state index contributed by atoms with van der Waals surface area (Å²) in [6.45, 7) is 6.43. The molecule has 2 N–H and O–H groups in total. The summed E-state index contributed by atoms with van der Waals surface area (Å²) in [5, 5.41) is 13.9. The van der Waals surface area contributed by atoms with Crippen LogP contribution >= 0.6 is 0 Å². The van der Waals surface area contributed by atoms with Crippen molar-refractivity contribution in [3.63, 3.8) is 0 Å². The molecule has 0 radical (unpaired) electrons. The minimum Gasteiger partial charge on any atom is -0.357 e. The minimum absolute atomic E-state index is 0.144. The Kier molecular flexibility index (Phi) is 5.05. The Morgan fingerprint density at radius 3 is 2.96 bits per heavy atom. The van der Waals surface area contributed by atoms with Crippen LogP contribution in [0.4, 0.5) is 0 Å². The van der Waals surface area contributed by atoms with Gasteiger partial charge < -0.3 is 10.6 Å². The lowest BCUT2D eigenvalue weighted by Gasteiger charge is -2.25. The molecular weight excluding hydrogens is 336 g/mol. The van der Waals surface area contributed by atoms with Gasteiger partial charge in [-0.05, 0) is 43.0 Å². The van der Waals surface area contributed by atoms with Gasteiger partial charge in [-0.25, -0.2) is 14.7 Å². The molecule has 6 heteroatoms. The molecule has 2 aromatic carbocycles. The van der Waals surface area contributed by atoms with Crippen LogP contribution in [0.25, 0.3) is 10.8 Å². The maximum atomic E-state index is 4.84. The number of aromatic nitrogens is 3. The van der Waals surface area contributed by atoms with E-state index in [4.69, 9.17) is 4.99 Å². The van der Waals surface area contributed by atoms with E-state index >= 15 is 0 Å². The lowest BCUT2D eigenvalue weighted by molar-refractivity contribution is 0.397. The fourth-order valence-electron chi connectivity index (χ4n) is 3.68. The largest absolute Gasteiger partial charge is 0.357 e. The van der Waals surface area contributed by atoms with E-state index in [2.05, 4.69) is 70.1 Å². The van der Waals surface area contributed by atoms with Crippen LogP contribution < -0.4 is 10.6 Å². The molecule has 1 aliphatic heterocycles. The maximum absolute atomic E-state index is 4.84. The molecule has 3 aromatic rings. The van der Waals surface area contributed by atoms with E-state index in [1.54, 1.807) is 0 Å². The first-order chi connectivity index (χ1) is 13.2. The van der Waals surface area contributed by atoms with Gasteiger partial charge in [0.2, 0.25) is 0 Å². The van der Waals surface area contributed by atoms with Crippen molar-refractivity contribution in [3.05, 3.63) is 59.7 Å². The highest BCUT2D eigenvalue weighted by Gasteiger charge is 2.24. The normalized spacial score (nSPS) is 17.0. The Morgan fingerprint density at radius 2 is 2.07 bits per heavy atom. The zero-order valence-electron chi connectivity index (χ0n) is 15.9. The van der Waals surface area contributed by atoms with Crippen molar-refractivity contribution < 1.29 is 0 Å². The van der Waals surface area contributed by atoms with Gasteiger partial charge in [0, 0.05) is 13.1 Å². The van der Waals surface area contributed by atoms with Crippen molar-refractivity contribution in [2.24, 2.45) is 4.99 Å². The molecule has 1 unspecified atom stereocenters. The van der Waals surface area contributed by atoms with Gasteiger partial charge in [-0.3, -0.25) is 0 Å². The first-order valence-corrected chi connectivity index (χ1v) is 9.67. The highest BCUT2D eigenvalue weighted by molar-refractivity contribution is 5.86. The van der Waals surface area contributed by atoms with Crippen molar-refractivity contribution in [2.45, 2.75) is 45.8 Å². The average Bonchev–Trinajstić information content (AvgIpc) is 3.07. The van der Waals surface area contributed by atoms with E-state index in [9.17, 15) is 0 Å². The Hall–Kier alpha value is -2.89. The quantitative estimate of drug-likeness (QED) is 0.552. The SMILES string of the molecule is CCNC(=NCc1cccc2ccccc12)NC1CCCn2nc(C)nc21. The summed E-state index contributed by atoms with van der Waals surface area (Å²) in [6.07, 6.45) is 2.13. The maximum Gasteiger partial charge on any atom is 0.192 e. The van der Waals surface area contributed by atoms with E-state index in [1.165, 1.54) is 16.3 Å². The van der Waals surface area contributed by atoms with Gasteiger partial charge in [-0.15, -0.1) is 0 Å². The molecule has 2 heterocycles. The second-order valence-electron chi connectivity index (χ2n) is 6.91. The highest BCUT2D eigenvalue weighted by Crippen LogP contribution is 2.23. The number of nitrogens with zero attached hydrogens (tertiary/aromatic N) is 4. The zero-order valence-corrected chi connectivity index (χ0v) is 15.9. The third-order valence-electron chi connectivity index (χ3n) is 4.92. The molecule has 1 aromatic heterocycles. The zero-order chi connectivity index (χ0) is 18.6. The summed E-state index contributed by atoms with van der Waals surface area (Å²) in [5.41, 5.74) is 1.23. The first kappa shape index (κ1) is 17.5. The van der Waals surface area contributed by atoms with Gasteiger partial charge in [-0.1, -0.05) is 42.5 Å². The molecule has 0 saturated carbocycles. The Morgan fingerprint density at radius 1 is 1.22 bits per heavy atom. The van der Waals surface area contributed by atoms with Gasteiger partial charge in [-0.2, -0.15) is 5.10 Å². The van der Waals surface area contributed by atoms with Crippen molar-refractivity contribution in [3.8, 4) is 0 Å². The summed E-state index contributed by atoms with van der Waals surface area (Å²) in [4.78, 5) is 9.46. The van der Waals surface area contributed by atoms with Gasteiger partial charge in [0.15, 0.2) is 5.96 Å². The van der Waals surface area contributed by atoms with Crippen LogP contribution in [0.2, 0.25) is 0 Å². The van der Waals surface area contributed by atoms with Crippen molar-refractivity contribution in [1.29, 1.82) is 0 Å². The third kappa shape index (κ3) is 3.79. The molecule has 6 nitrogen and oxygen atoms in total. The lowest BCUT2D eigenvalue weighted by atomic mass is 10.0. The Bertz CT molecular complexity index is 953. The number of guanidine groups is 1. The number of hydrogen-bond acceptors (Lipinski definition) is 3. The summed E-state index contributed by atoms with van der Waals surface area (Å²) < 4.78 is 2.02. The van der Waals surface area contributed by atoms with Crippen molar-refractivity contribution in [1.82, 2.24) is 25.4 Å². The molecule has 1 aliphatic rings. The van der Waals surface area contributed by atoms with Crippen molar-refractivity contribution in [2.75, 3.05) is 6.54 Å². The number of aliphatic imine (C=N–C) groups is 1.